The van der Waals surface area contributed by atoms with Crippen LogP contribution in [0, 0.1) is 5.92 Å². The molecule has 0 saturated carbocycles. The molecular weight excluding hydrogens is 318 g/mol. The van der Waals surface area contributed by atoms with Gasteiger partial charge in [0, 0.05) is 25.2 Å². The van der Waals surface area contributed by atoms with Gasteiger partial charge in [-0.1, -0.05) is 6.07 Å². The van der Waals surface area contributed by atoms with Crippen LogP contribution < -0.4 is 20.7 Å². The van der Waals surface area contributed by atoms with Crippen LogP contribution in [0.4, 0.5) is 0 Å². The van der Waals surface area contributed by atoms with E-state index >= 15 is 0 Å². The lowest BCUT2D eigenvalue weighted by atomic mass is 9.99. The summed E-state index contributed by atoms with van der Waals surface area (Å²) >= 11 is 0. The fraction of sp³-hybridized carbons (Fsp3) is 0.500. The van der Waals surface area contributed by atoms with E-state index in [1.165, 1.54) is 0 Å². The third-order valence-electron chi connectivity index (χ3n) is 3.71. The van der Waals surface area contributed by atoms with E-state index in [2.05, 4.69) is 16.0 Å². The van der Waals surface area contributed by atoms with Crippen LogP contribution >= 0.6 is 12.4 Å². The average Bonchev–Trinajstić information content (AvgIpc) is 2.59. The highest BCUT2D eigenvalue weighted by Crippen LogP contribution is 2.12. The van der Waals surface area contributed by atoms with Gasteiger partial charge in [0.1, 0.15) is 5.75 Å². The number of nitrogens with one attached hydrogen (secondary N) is 3. The van der Waals surface area contributed by atoms with Crippen molar-refractivity contribution in [2.75, 3.05) is 33.3 Å². The number of carbonyl (C=O) groups is 2. The van der Waals surface area contributed by atoms with Crippen molar-refractivity contribution in [1.29, 1.82) is 0 Å². The number of carbonyl (C=O) groups excluding carboxylic acids is 2. The molecule has 0 aliphatic carbocycles. The maximum absolute atomic E-state index is 12.0. The molecule has 1 unspecified atom stereocenters. The molecule has 1 aliphatic heterocycles. The quantitative estimate of drug-likeness (QED) is 0.673. The second-order valence-electron chi connectivity index (χ2n) is 5.32. The molecule has 1 saturated heterocycles. The molecule has 0 aromatic heterocycles. The third kappa shape index (κ3) is 6.08. The van der Waals surface area contributed by atoms with Gasteiger partial charge in [-0.05, 0) is 37.6 Å². The highest BCUT2D eigenvalue weighted by molar-refractivity contribution is 5.94. The van der Waals surface area contributed by atoms with Gasteiger partial charge in [0.05, 0.1) is 13.0 Å². The maximum atomic E-state index is 12.0. The van der Waals surface area contributed by atoms with Gasteiger partial charge < -0.3 is 20.7 Å². The molecule has 0 spiro atoms. The summed E-state index contributed by atoms with van der Waals surface area (Å²) in [6.07, 6.45) is 1.96. The number of piperidine rings is 1. The van der Waals surface area contributed by atoms with Crippen molar-refractivity contribution in [2.45, 2.75) is 12.8 Å². The van der Waals surface area contributed by atoms with Crippen LogP contribution in [0.2, 0.25) is 0 Å². The molecule has 2 amide bonds. The summed E-state index contributed by atoms with van der Waals surface area (Å²) in [5.74, 6) is 0.573. The van der Waals surface area contributed by atoms with Crippen molar-refractivity contribution in [3.8, 4) is 5.75 Å². The number of benzene rings is 1. The summed E-state index contributed by atoms with van der Waals surface area (Å²) in [6, 6.07) is 6.96. The summed E-state index contributed by atoms with van der Waals surface area (Å²) < 4.78 is 5.09. The van der Waals surface area contributed by atoms with Crippen molar-refractivity contribution in [2.24, 2.45) is 5.92 Å². The Morgan fingerprint density at radius 3 is 2.78 bits per heavy atom. The summed E-state index contributed by atoms with van der Waals surface area (Å²) in [5.41, 5.74) is 0.544. The molecule has 3 N–H and O–H groups in total. The van der Waals surface area contributed by atoms with Crippen molar-refractivity contribution in [3.05, 3.63) is 29.8 Å². The highest BCUT2D eigenvalue weighted by atomic mass is 35.5. The predicted molar refractivity (Wildman–Crippen MR) is 91.2 cm³/mol. The van der Waals surface area contributed by atoms with Crippen LogP contribution in [0.1, 0.15) is 23.2 Å². The van der Waals surface area contributed by atoms with E-state index < -0.39 is 0 Å². The number of methoxy groups -OCH3 is 1. The molecule has 128 valence electrons. The zero-order chi connectivity index (χ0) is 15.8. The molecule has 1 fully saturated rings. The Hall–Kier alpha value is -1.79. The van der Waals surface area contributed by atoms with E-state index in [9.17, 15) is 9.59 Å². The number of hydrogen-bond donors (Lipinski definition) is 3. The van der Waals surface area contributed by atoms with Crippen LogP contribution in [0.3, 0.4) is 0 Å². The van der Waals surface area contributed by atoms with Crippen molar-refractivity contribution in [1.82, 2.24) is 16.0 Å². The largest absolute Gasteiger partial charge is 0.497 e. The summed E-state index contributed by atoms with van der Waals surface area (Å²) in [4.78, 5) is 23.9. The summed E-state index contributed by atoms with van der Waals surface area (Å²) in [7, 11) is 1.56. The second kappa shape index (κ2) is 10.1. The molecule has 6 nitrogen and oxygen atoms in total. The van der Waals surface area contributed by atoms with Gasteiger partial charge in [0.25, 0.3) is 5.91 Å². The fourth-order valence-electron chi connectivity index (χ4n) is 2.45. The molecule has 1 heterocycles. The first-order chi connectivity index (χ1) is 10.7. The van der Waals surface area contributed by atoms with E-state index in [-0.39, 0.29) is 30.1 Å². The van der Waals surface area contributed by atoms with E-state index in [1.54, 1.807) is 31.4 Å². The minimum absolute atomic E-state index is 0. The first-order valence-corrected chi connectivity index (χ1v) is 7.61. The molecule has 1 aromatic rings. The lowest BCUT2D eigenvalue weighted by Crippen LogP contribution is -2.42. The van der Waals surface area contributed by atoms with Crippen LogP contribution in [-0.2, 0) is 4.79 Å². The lowest BCUT2D eigenvalue weighted by Gasteiger charge is -2.21. The zero-order valence-corrected chi connectivity index (χ0v) is 14.1. The molecule has 1 aliphatic rings. The lowest BCUT2D eigenvalue weighted by molar-refractivity contribution is -0.125. The van der Waals surface area contributed by atoms with Crippen molar-refractivity contribution >= 4 is 24.2 Å². The Balaban J connectivity index is 0.00000264. The molecule has 1 aromatic carbocycles. The molecule has 7 heteroatoms. The van der Waals surface area contributed by atoms with Gasteiger partial charge in [0.2, 0.25) is 5.91 Å². The van der Waals surface area contributed by atoms with Gasteiger partial charge in [0.15, 0.2) is 0 Å². The van der Waals surface area contributed by atoms with Crippen LogP contribution in [0.25, 0.3) is 0 Å². The number of rotatable bonds is 6. The van der Waals surface area contributed by atoms with Gasteiger partial charge in [-0.2, -0.15) is 0 Å². The molecule has 23 heavy (non-hydrogen) atoms. The highest BCUT2D eigenvalue weighted by Gasteiger charge is 2.20. The number of amides is 2. The predicted octanol–water partition coefficient (Wildman–Crippen LogP) is 0.963. The minimum Gasteiger partial charge on any atom is -0.497 e. The SMILES string of the molecule is COc1cccc(C(=O)NCCNC(=O)C2CCCNC2)c1.Cl. The Morgan fingerprint density at radius 1 is 1.30 bits per heavy atom. The van der Waals surface area contributed by atoms with Gasteiger partial charge >= 0.3 is 0 Å². The molecule has 1 atom stereocenters. The van der Waals surface area contributed by atoms with Crippen molar-refractivity contribution in [3.63, 3.8) is 0 Å². The van der Waals surface area contributed by atoms with Crippen LogP contribution in [-0.4, -0.2) is 45.1 Å². The number of halogens is 1. The monoisotopic (exact) mass is 341 g/mol. The maximum Gasteiger partial charge on any atom is 0.251 e. The smallest absolute Gasteiger partial charge is 0.251 e. The van der Waals surface area contributed by atoms with Gasteiger partial charge in [-0.15, -0.1) is 12.4 Å². The minimum atomic E-state index is -0.174. The normalized spacial score (nSPS) is 16.8. The van der Waals surface area contributed by atoms with E-state index in [0.717, 1.165) is 25.9 Å². The summed E-state index contributed by atoms with van der Waals surface area (Å²) in [6.45, 7) is 2.56. The molecule has 0 radical (unpaired) electrons. The topological polar surface area (TPSA) is 79.5 Å². The third-order valence-corrected chi connectivity index (χ3v) is 3.71. The van der Waals surface area contributed by atoms with E-state index in [1.807, 2.05) is 0 Å². The van der Waals surface area contributed by atoms with Crippen LogP contribution in [0.15, 0.2) is 24.3 Å². The number of hydrogen-bond acceptors (Lipinski definition) is 4. The zero-order valence-electron chi connectivity index (χ0n) is 13.3. The Kier molecular flexibility index (Phi) is 8.43. The molecule has 0 bridgehead atoms. The molecule has 2 rings (SSSR count). The Bertz CT molecular complexity index is 519. The summed E-state index contributed by atoms with van der Waals surface area (Å²) in [5, 5.41) is 8.86. The van der Waals surface area contributed by atoms with Crippen LogP contribution in [0.5, 0.6) is 5.75 Å². The first kappa shape index (κ1) is 19.3. The van der Waals surface area contributed by atoms with E-state index in [4.69, 9.17) is 4.74 Å². The van der Waals surface area contributed by atoms with Gasteiger partial charge in [-0.3, -0.25) is 9.59 Å². The Morgan fingerprint density at radius 2 is 2.09 bits per heavy atom. The second-order valence-corrected chi connectivity index (χ2v) is 5.32. The fourth-order valence-corrected chi connectivity index (χ4v) is 2.45. The average molecular weight is 342 g/mol. The Labute approximate surface area is 142 Å². The van der Waals surface area contributed by atoms with E-state index in [0.29, 0.717) is 24.4 Å². The first-order valence-electron chi connectivity index (χ1n) is 7.61. The van der Waals surface area contributed by atoms with Crippen molar-refractivity contribution < 1.29 is 14.3 Å². The standard InChI is InChI=1S/C16H23N3O3.ClH/c1-22-14-6-2-4-12(10-14)15(20)18-8-9-19-16(21)13-5-3-7-17-11-13;/h2,4,6,10,13,17H,3,5,7-9,11H2,1H3,(H,18,20)(H,19,21);1H. The van der Waals surface area contributed by atoms with Gasteiger partial charge in [-0.25, -0.2) is 0 Å². The molecular formula is C16H24ClN3O3. The number of ether oxygens (including phenoxy) is 1.